The van der Waals surface area contributed by atoms with Crippen molar-refractivity contribution in [2.75, 3.05) is 11.9 Å². The quantitative estimate of drug-likeness (QED) is 0.719. The van der Waals surface area contributed by atoms with Crippen molar-refractivity contribution in [3.05, 3.63) is 59.2 Å². The van der Waals surface area contributed by atoms with E-state index in [1.165, 1.54) is 0 Å². The zero-order valence-electron chi connectivity index (χ0n) is 16.5. The molecule has 0 aliphatic carbocycles. The number of rotatable bonds is 7. The van der Waals surface area contributed by atoms with Crippen molar-refractivity contribution >= 4 is 17.6 Å². The summed E-state index contributed by atoms with van der Waals surface area (Å²) in [6.07, 6.45) is -0.685. The summed E-state index contributed by atoms with van der Waals surface area (Å²) in [4.78, 5) is 24.4. The highest BCUT2D eigenvalue weighted by molar-refractivity contribution is 5.96. The molecule has 0 aromatic heterocycles. The predicted molar refractivity (Wildman–Crippen MR) is 106 cm³/mol. The van der Waals surface area contributed by atoms with Crippen molar-refractivity contribution in [3.63, 3.8) is 0 Å². The Bertz CT molecular complexity index is 814. The summed E-state index contributed by atoms with van der Waals surface area (Å²) < 4.78 is 10.9. The molecule has 27 heavy (non-hydrogen) atoms. The van der Waals surface area contributed by atoms with Gasteiger partial charge in [-0.15, -0.1) is 0 Å². The molecule has 0 saturated carbocycles. The molecular weight excluding hydrogens is 342 g/mol. The largest absolute Gasteiger partial charge is 0.481 e. The minimum atomic E-state index is -0.685. The molecule has 5 nitrogen and oxygen atoms in total. The van der Waals surface area contributed by atoms with Crippen LogP contribution >= 0.6 is 0 Å². The SMILES string of the molecule is CCOC(=O)c1cccc(NC(=O)C(C)Oc2cc(C)ccc2C(C)C)c1. The van der Waals surface area contributed by atoms with E-state index in [0.29, 0.717) is 23.6 Å². The number of hydrogen-bond donors (Lipinski definition) is 1. The van der Waals surface area contributed by atoms with Gasteiger partial charge in [-0.3, -0.25) is 4.79 Å². The Kier molecular flexibility index (Phi) is 6.99. The summed E-state index contributed by atoms with van der Waals surface area (Å²) in [5, 5.41) is 2.79. The van der Waals surface area contributed by atoms with E-state index in [2.05, 4.69) is 19.2 Å². The Balaban J connectivity index is 2.10. The van der Waals surface area contributed by atoms with Gasteiger partial charge in [0, 0.05) is 5.69 Å². The molecule has 0 fully saturated rings. The third-order valence-electron chi connectivity index (χ3n) is 4.11. The molecule has 5 heteroatoms. The van der Waals surface area contributed by atoms with Crippen molar-refractivity contribution in [2.45, 2.75) is 46.6 Å². The van der Waals surface area contributed by atoms with Gasteiger partial charge in [-0.1, -0.05) is 32.0 Å². The van der Waals surface area contributed by atoms with Crippen molar-refractivity contribution < 1.29 is 19.1 Å². The Morgan fingerprint density at radius 2 is 1.81 bits per heavy atom. The highest BCUT2D eigenvalue weighted by Gasteiger charge is 2.18. The summed E-state index contributed by atoms with van der Waals surface area (Å²) >= 11 is 0. The fourth-order valence-corrected chi connectivity index (χ4v) is 2.65. The first-order valence-corrected chi connectivity index (χ1v) is 9.17. The maximum Gasteiger partial charge on any atom is 0.338 e. The first-order valence-electron chi connectivity index (χ1n) is 9.17. The molecule has 0 aliphatic rings. The molecule has 2 aromatic rings. The molecule has 2 rings (SSSR count). The lowest BCUT2D eigenvalue weighted by molar-refractivity contribution is -0.122. The number of benzene rings is 2. The number of nitrogens with one attached hydrogen (secondary N) is 1. The summed E-state index contributed by atoms with van der Waals surface area (Å²) in [5.41, 5.74) is 3.05. The van der Waals surface area contributed by atoms with Crippen LogP contribution in [-0.4, -0.2) is 24.6 Å². The Hall–Kier alpha value is -2.82. The number of ether oxygens (including phenoxy) is 2. The van der Waals surface area contributed by atoms with Crippen LogP contribution in [0.15, 0.2) is 42.5 Å². The molecule has 0 spiro atoms. The molecule has 1 atom stereocenters. The minimum Gasteiger partial charge on any atom is -0.481 e. The highest BCUT2D eigenvalue weighted by Crippen LogP contribution is 2.28. The first kappa shape index (κ1) is 20.5. The van der Waals surface area contributed by atoms with Gasteiger partial charge in [0.15, 0.2) is 6.10 Å². The van der Waals surface area contributed by atoms with Gasteiger partial charge >= 0.3 is 5.97 Å². The predicted octanol–water partition coefficient (Wildman–Crippen LogP) is 4.70. The molecule has 1 N–H and O–H groups in total. The number of amides is 1. The van der Waals surface area contributed by atoms with Gasteiger partial charge in [0.05, 0.1) is 12.2 Å². The number of hydrogen-bond acceptors (Lipinski definition) is 4. The smallest absolute Gasteiger partial charge is 0.338 e. The fraction of sp³-hybridized carbons (Fsp3) is 0.364. The maximum atomic E-state index is 12.5. The Morgan fingerprint density at radius 1 is 1.07 bits per heavy atom. The van der Waals surface area contributed by atoms with Crippen LogP contribution in [0, 0.1) is 6.92 Å². The van der Waals surface area contributed by atoms with Crippen LogP contribution in [0.5, 0.6) is 5.75 Å². The van der Waals surface area contributed by atoms with E-state index in [1.54, 1.807) is 38.1 Å². The van der Waals surface area contributed by atoms with E-state index in [9.17, 15) is 9.59 Å². The van der Waals surface area contributed by atoms with Crippen LogP contribution in [0.3, 0.4) is 0 Å². The molecule has 1 unspecified atom stereocenters. The Labute approximate surface area is 160 Å². The van der Waals surface area contributed by atoms with Crippen LogP contribution in [0.4, 0.5) is 5.69 Å². The van der Waals surface area contributed by atoms with Crippen LogP contribution < -0.4 is 10.1 Å². The molecule has 144 valence electrons. The van der Waals surface area contributed by atoms with Crippen molar-refractivity contribution in [1.29, 1.82) is 0 Å². The van der Waals surface area contributed by atoms with Crippen LogP contribution in [0.2, 0.25) is 0 Å². The lowest BCUT2D eigenvalue weighted by atomic mass is 10.0. The van der Waals surface area contributed by atoms with Gasteiger partial charge in [0.2, 0.25) is 0 Å². The van der Waals surface area contributed by atoms with Gasteiger partial charge in [-0.25, -0.2) is 4.79 Å². The third-order valence-corrected chi connectivity index (χ3v) is 4.11. The van der Waals surface area contributed by atoms with Crippen LogP contribution in [-0.2, 0) is 9.53 Å². The maximum absolute atomic E-state index is 12.5. The van der Waals surface area contributed by atoms with Gasteiger partial charge in [0.1, 0.15) is 5.75 Å². The average molecular weight is 369 g/mol. The van der Waals surface area contributed by atoms with Gasteiger partial charge < -0.3 is 14.8 Å². The Morgan fingerprint density at radius 3 is 2.48 bits per heavy atom. The zero-order chi connectivity index (χ0) is 20.0. The second kappa shape index (κ2) is 9.21. The molecule has 0 aliphatic heterocycles. The normalized spacial score (nSPS) is 11.8. The van der Waals surface area contributed by atoms with Crippen molar-refractivity contribution in [3.8, 4) is 5.75 Å². The third kappa shape index (κ3) is 5.58. The highest BCUT2D eigenvalue weighted by atomic mass is 16.5. The molecule has 0 bridgehead atoms. The minimum absolute atomic E-state index is 0.285. The molecular formula is C22H27NO4. The lowest BCUT2D eigenvalue weighted by Crippen LogP contribution is -2.30. The number of aryl methyl sites for hydroxylation is 1. The number of carbonyl (C=O) groups is 2. The first-order chi connectivity index (χ1) is 12.8. The van der Waals surface area contributed by atoms with Crippen molar-refractivity contribution in [1.82, 2.24) is 0 Å². The van der Waals surface area contributed by atoms with Gasteiger partial charge in [-0.05, 0) is 62.1 Å². The fourth-order valence-electron chi connectivity index (χ4n) is 2.65. The molecule has 2 aromatic carbocycles. The van der Waals surface area contributed by atoms with Crippen LogP contribution in [0.1, 0.15) is 55.1 Å². The summed E-state index contributed by atoms with van der Waals surface area (Å²) in [7, 11) is 0. The van der Waals surface area contributed by atoms with E-state index >= 15 is 0 Å². The topological polar surface area (TPSA) is 64.6 Å². The van der Waals surface area contributed by atoms with E-state index in [4.69, 9.17) is 9.47 Å². The summed E-state index contributed by atoms with van der Waals surface area (Å²) in [6.45, 7) is 9.92. The van der Waals surface area contributed by atoms with Gasteiger partial charge in [-0.2, -0.15) is 0 Å². The molecule has 0 saturated heterocycles. The number of anilines is 1. The van der Waals surface area contributed by atoms with E-state index < -0.39 is 12.1 Å². The summed E-state index contributed by atoms with van der Waals surface area (Å²) in [5.74, 6) is 0.302. The summed E-state index contributed by atoms with van der Waals surface area (Å²) in [6, 6.07) is 12.7. The van der Waals surface area contributed by atoms with E-state index in [1.807, 2.05) is 25.1 Å². The van der Waals surface area contributed by atoms with Gasteiger partial charge in [0.25, 0.3) is 5.91 Å². The second-order valence-electron chi connectivity index (χ2n) is 6.75. The lowest BCUT2D eigenvalue weighted by Gasteiger charge is -2.19. The second-order valence-corrected chi connectivity index (χ2v) is 6.75. The molecule has 1 amide bonds. The average Bonchev–Trinajstić information content (AvgIpc) is 2.62. The van der Waals surface area contributed by atoms with E-state index in [-0.39, 0.29) is 11.8 Å². The molecule has 0 radical (unpaired) electrons. The number of carbonyl (C=O) groups excluding carboxylic acids is 2. The van der Waals surface area contributed by atoms with E-state index in [0.717, 1.165) is 11.1 Å². The monoisotopic (exact) mass is 369 g/mol. The van der Waals surface area contributed by atoms with Crippen molar-refractivity contribution in [2.24, 2.45) is 0 Å². The van der Waals surface area contributed by atoms with Crippen LogP contribution in [0.25, 0.3) is 0 Å². The molecule has 0 heterocycles. The standard InChI is InChI=1S/C22H27NO4/c1-6-26-22(25)17-8-7-9-18(13-17)23-21(24)16(5)27-20-12-15(4)10-11-19(20)14(2)3/h7-14,16H,6H2,1-5H3,(H,23,24). The zero-order valence-corrected chi connectivity index (χ0v) is 16.5. The number of esters is 1.